The lowest BCUT2D eigenvalue weighted by Crippen LogP contribution is -2.22. The van der Waals surface area contributed by atoms with Gasteiger partial charge < -0.3 is 11.1 Å². The molecule has 3 aromatic rings. The number of nitrogens with two attached hydrogens (primary N) is 1. The quantitative estimate of drug-likeness (QED) is 0.479. The van der Waals surface area contributed by atoms with Crippen LogP contribution in [0.2, 0.25) is 0 Å². The second-order valence-corrected chi connectivity index (χ2v) is 11.3. The fraction of sp³-hybridized carbons (Fsp3) is 0.417. The maximum atomic E-state index is 13.5. The van der Waals surface area contributed by atoms with Gasteiger partial charge in [0.1, 0.15) is 21.5 Å². The van der Waals surface area contributed by atoms with Crippen LogP contribution in [0.1, 0.15) is 59.8 Å². The first kappa shape index (κ1) is 24.3. The molecule has 0 aliphatic carbocycles. The highest BCUT2D eigenvalue weighted by atomic mass is 32.2. The molecule has 0 radical (unpaired) electrons. The van der Waals surface area contributed by atoms with Gasteiger partial charge in [-0.1, -0.05) is 6.07 Å². The van der Waals surface area contributed by atoms with Crippen LogP contribution in [0.4, 0.5) is 24.7 Å². The third-order valence-electron chi connectivity index (χ3n) is 6.45. The summed E-state index contributed by atoms with van der Waals surface area (Å²) < 4.78 is 64.1. The van der Waals surface area contributed by atoms with Crippen molar-refractivity contribution in [2.24, 2.45) is 0 Å². The first-order valence-electron chi connectivity index (χ1n) is 11.1. The fourth-order valence-corrected chi connectivity index (χ4v) is 6.13. The van der Waals surface area contributed by atoms with Crippen molar-refractivity contribution in [2.45, 2.75) is 51.7 Å². The standard InChI is InChI=1S/C24H27F3N4O2S/c1-13-19(11-18(28)12-21(13)24(25,26)27)14(2)29-23-20-10-17(4-5-22(20)30-15(3)31-23)16-6-8-34(32,33)9-7-16/h4-5,10-12,14,16H,6-9,28H2,1-3H3,(H,29,30,31)/t14-/m1/s1. The third kappa shape index (κ3) is 4.96. The van der Waals surface area contributed by atoms with E-state index in [0.717, 1.165) is 17.0 Å². The van der Waals surface area contributed by atoms with E-state index in [4.69, 9.17) is 5.73 Å². The van der Waals surface area contributed by atoms with E-state index in [9.17, 15) is 21.6 Å². The summed E-state index contributed by atoms with van der Waals surface area (Å²) in [6, 6.07) is 7.79. The average molecular weight is 493 g/mol. The van der Waals surface area contributed by atoms with Crippen molar-refractivity contribution < 1.29 is 21.6 Å². The summed E-state index contributed by atoms with van der Waals surface area (Å²) in [4.78, 5) is 9.02. The van der Waals surface area contributed by atoms with Crippen LogP contribution < -0.4 is 11.1 Å². The van der Waals surface area contributed by atoms with Gasteiger partial charge in [-0.15, -0.1) is 0 Å². The van der Waals surface area contributed by atoms with Crippen LogP contribution in [0, 0.1) is 13.8 Å². The second kappa shape index (κ2) is 8.72. The number of nitrogens with one attached hydrogen (secondary N) is 1. The molecule has 3 N–H and O–H groups in total. The van der Waals surface area contributed by atoms with Gasteiger partial charge in [-0.05, 0) is 80.5 Å². The first-order valence-corrected chi connectivity index (χ1v) is 12.9. The van der Waals surface area contributed by atoms with Gasteiger partial charge in [-0.25, -0.2) is 18.4 Å². The number of nitrogen functional groups attached to an aromatic ring is 1. The number of anilines is 2. The van der Waals surface area contributed by atoms with E-state index in [0.29, 0.717) is 35.6 Å². The minimum atomic E-state index is -4.51. The zero-order valence-corrected chi connectivity index (χ0v) is 20.0. The predicted molar refractivity (Wildman–Crippen MR) is 128 cm³/mol. The van der Waals surface area contributed by atoms with Crippen molar-refractivity contribution >= 4 is 32.2 Å². The Morgan fingerprint density at radius 1 is 1.09 bits per heavy atom. The lowest BCUT2D eigenvalue weighted by atomic mass is 9.92. The maximum Gasteiger partial charge on any atom is 0.416 e. The Labute approximate surface area is 196 Å². The van der Waals surface area contributed by atoms with Crippen molar-refractivity contribution in [3.63, 3.8) is 0 Å². The Hall–Kier alpha value is -2.88. The van der Waals surface area contributed by atoms with Gasteiger partial charge in [0.15, 0.2) is 0 Å². The first-order chi connectivity index (χ1) is 15.8. The summed E-state index contributed by atoms with van der Waals surface area (Å²) in [5, 5.41) is 4.00. The van der Waals surface area contributed by atoms with E-state index in [1.54, 1.807) is 19.9 Å². The van der Waals surface area contributed by atoms with Gasteiger partial charge in [-0.2, -0.15) is 13.2 Å². The summed E-state index contributed by atoms with van der Waals surface area (Å²) in [5.41, 5.74) is 7.34. The number of rotatable bonds is 4. The lowest BCUT2D eigenvalue weighted by molar-refractivity contribution is -0.138. The summed E-state index contributed by atoms with van der Waals surface area (Å²) in [6.07, 6.45) is -3.39. The number of hydrogen-bond acceptors (Lipinski definition) is 6. The smallest absolute Gasteiger partial charge is 0.399 e. The number of halogens is 3. The molecular weight excluding hydrogens is 465 g/mol. The molecular formula is C24H27F3N4O2S. The van der Waals surface area contributed by atoms with Crippen molar-refractivity contribution in [3.05, 3.63) is 58.4 Å². The van der Waals surface area contributed by atoms with Crippen LogP contribution in [-0.2, 0) is 16.0 Å². The average Bonchev–Trinajstić information content (AvgIpc) is 2.74. The minimum absolute atomic E-state index is 0.0415. The summed E-state index contributed by atoms with van der Waals surface area (Å²) in [6.45, 7) is 4.96. The zero-order chi connectivity index (χ0) is 24.8. The number of aromatic nitrogens is 2. The molecule has 1 atom stereocenters. The Bertz CT molecular complexity index is 1340. The van der Waals surface area contributed by atoms with E-state index in [2.05, 4.69) is 15.3 Å². The number of nitrogens with zero attached hydrogens (tertiary/aromatic N) is 2. The summed E-state index contributed by atoms with van der Waals surface area (Å²) in [7, 11) is -2.98. The van der Waals surface area contributed by atoms with Crippen molar-refractivity contribution in [3.8, 4) is 0 Å². The molecule has 0 saturated carbocycles. The number of hydrogen-bond donors (Lipinski definition) is 2. The molecule has 2 heterocycles. The Kier molecular flexibility index (Phi) is 6.22. The second-order valence-electron chi connectivity index (χ2n) is 8.97. The number of alkyl halides is 3. The number of fused-ring (bicyclic) bond motifs is 1. The summed E-state index contributed by atoms with van der Waals surface area (Å²) >= 11 is 0. The van der Waals surface area contributed by atoms with Crippen LogP contribution in [-0.4, -0.2) is 29.9 Å². The van der Waals surface area contributed by atoms with Crippen LogP contribution in [0.25, 0.3) is 10.9 Å². The zero-order valence-electron chi connectivity index (χ0n) is 19.2. The van der Waals surface area contributed by atoms with Crippen molar-refractivity contribution in [2.75, 3.05) is 22.6 Å². The number of aryl methyl sites for hydroxylation is 1. The van der Waals surface area contributed by atoms with Crippen LogP contribution in [0.3, 0.4) is 0 Å². The molecule has 0 spiro atoms. The Balaban J connectivity index is 1.71. The minimum Gasteiger partial charge on any atom is -0.399 e. The monoisotopic (exact) mass is 492 g/mol. The van der Waals surface area contributed by atoms with Crippen LogP contribution >= 0.6 is 0 Å². The van der Waals surface area contributed by atoms with Gasteiger partial charge in [0.2, 0.25) is 0 Å². The largest absolute Gasteiger partial charge is 0.416 e. The van der Waals surface area contributed by atoms with E-state index in [1.807, 2.05) is 18.2 Å². The molecule has 1 saturated heterocycles. The molecule has 0 amide bonds. The molecule has 182 valence electrons. The molecule has 4 rings (SSSR count). The molecule has 1 aliphatic rings. The van der Waals surface area contributed by atoms with Gasteiger partial charge >= 0.3 is 6.18 Å². The number of sulfone groups is 1. The number of benzene rings is 2. The molecule has 1 aromatic heterocycles. The molecule has 0 bridgehead atoms. The van der Waals surface area contributed by atoms with Crippen molar-refractivity contribution in [1.29, 1.82) is 0 Å². The molecule has 6 nitrogen and oxygen atoms in total. The molecule has 1 aliphatic heterocycles. The molecule has 1 fully saturated rings. The summed E-state index contributed by atoms with van der Waals surface area (Å²) in [5.74, 6) is 1.48. The van der Waals surface area contributed by atoms with Gasteiger partial charge in [-0.3, -0.25) is 0 Å². The highest BCUT2D eigenvalue weighted by molar-refractivity contribution is 7.91. The highest BCUT2D eigenvalue weighted by Gasteiger charge is 2.34. The molecule has 2 aromatic carbocycles. The third-order valence-corrected chi connectivity index (χ3v) is 8.17. The van der Waals surface area contributed by atoms with Crippen LogP contribution in [0.5, 0.6) is 0 Å². The van der Waals surface area contributed by atoms with E-state index < -0.39 is 27.6 Å². The van der Waals surface area contributed by atoms with E-state index >= 15 is 0 Å². The Morgan fingerprint density at radius 3 is 2.41 bits per heavy atom. The fourth-order valence-electron chi connectivity index (χ4n) is 4.64. The topological polar surface area (TPSA) is 98.0 Å². The lowest BCUT2D eigenvalue weighted by Gasteiger charge is -2.24. The van der Waals surface area contributed by atoms with Crippen molar-refractivity contribution in [1.82, 2.24) is 9.97 Å². The predicted octanol–water partition coefficient (Wildman–Crippen LogP) is 5.31. The highest BCUT2D eigenvalue weighted by Crippen LogP contribution is 2.38. The van der Waals surface area contributed by atoms with Gasteiger partial charge in [0.05, 0.1) is 28.6 Å². The molecule has 34 heavy (non-hydrogen) atoms. The van der Waals surface area contributed by atoms with Crippen LogP contribution in [0.15, 0.2) is 30.3 Å². The molecule has 0 unspecified atom stereocenters. The van der Waals surface area contributed by atoms with Gasteiger partial charge in [0, 0.05) is 11.1 Å². The maximum absolute atomic E-state index is 13.5. The van der Waals surface area contributed by atoms with E-state index in [1.165, 1.54) is 6.92 Å². The normalized spacial score (nSPS) is 17.6. The van der Waals surface area contributed by atoms with E-state index in [-0.39, 0.29) is 28.7 Å². The molecule has 10 heteroatoms. The SMILES string of the molecule is Cc1nc(N[C@H](C)c2cc(N)cc(C(F)(F)F)c2C)c2cc(C3CCS(=O)(=O)CC3)ccc2n1. The van der Waals surface area contributed by atoms with Gasteiger partial charge in [0.25, 0.3) is 0 Å². The Morgan fingerprint density at radius 2 is 1.76 bits per heavy atom.